The Hall–Kier alpha value is -1.45. The lowest BCUT2D eigenvalue weighted by atomic mass is 10.2. The summed E-state index contributed by atoms with van der Waals surface area (Å²) in [6.45, 7) is 3.06. The van der Waals surface area contributed by atoms with Crippen molar-refractivity contribution in [1.29, 1.82) is 0 Å². The molecule has 3 rings (SSSR count). The summed E-state index contributed by atoms with van der Waals surface area (Å²) < 4.78 is 38.1. The Bertz CT molecular complexity index is 974. The number of aryl methyl sites for hydroxylation is 1. The molecule has 2 aromatic rings. The molecule has 0 spiro atoms. The maximum absolute atomic E-state index is 12.9. The maximum atomic E-state index is 12.9. The van der Waals surface area contributed by atoms with E-state index in [1.54, 1.807) is 18.2 Å². The van der Waals surface area contributed by atoms with Gasteiger partial charge in [-0.15, -0.1) is 0 Å². The Kier molecular flexibility index (Phi) is 6.22. The van der Waals surface area contributed by atoms with Crippen LogP contribution in [0.25, 0.3) is 0 Å². The fourth-order valence-electron chi connectivity index (χ4n) is 2.60. The smallest absolute Gasteiger partial charge is 0.343 e. The molecular formula is C18H17BrClNO5S. The van der Waals surface area contributed by atoms with Crippen molar-refractivity contribution < 1.29 is 22.7 Å². The van der Waals surface area contributed by atoms with Gasteiger partial charge in [-0.25, -0.2) is 13.2 Å². The van der Waals surface area contributed by atoms with Crippen LogP contribution in [-0.2, 0) is 14.8 Å². The first-order valence-corrected chi connectivity index (χ1v) is 10.8. The van der Waals surface area contributed by atoms with Crippen LogP contribution in [0.15, 0.2) is 45.8 Å². The van der Waals surface area contributed by atoms with Crippen LogP contribution in [0.1, 0.15) is 15.9 Å². The number of carbonyl (C=O) groups is 1. The van der Waals surface area contributed by atoms with Gasteiger partial charge in [-0.3, -0.25) is 0 Å². The standard InChI is InChI=1S/C18H17BrClNO5S/c1-12-2-5-15(20)16(10-12)26-18(22)13-3-4-14(19)17(11-13)27(23,24)21-6-8-25-9-7-21/h2-5,10-11H,6-9H2,1H3. The molecule has 9 heteroatoms. The molecule has 1 saturated heterocycles. The number of sulfonamides is 1. The Morgan fingerprint density at radius 1 is 1.19 bits per heavy atom. The third kappa shape index (κ3) is 4.52. The molecule has 1 heterocycles. The van der Waals surface area contributed by atoms with Crippen LogP contribution >= 0.6 is 27.5 Å². The molecule has 0 bridgehead atoms. The number of hydrogen-bond acceptors (Lipinski definition) is 5. The topological polar surface area (TPSA) is 72.9 Å². The summed E-state index contributed by atoms with van der Waals surface area (Å²) in [6, 6.07) is 9.39. The van der Waals surface area contributed by atoms with E-state index in [4.69, 9.17) is 21.1 Å². The molecule has 2 aromatic carbocycles. The molecule has 0 saturated carbocycles. The van der Waals surface area contributed by atoms with Crippen molar-refractivity contribution in [2.24, 2.45) is 0 Å². The minimum atomic E-state index is -3.76. The van der Waals surface area contributed by atoms with Crippen LogP contribution in [0.4, 0.5) is 0 Å². The fraction of sp³-hybridized carbons (Fsp3) is 0.278. The van der Waals surface area contributed by atoms with Crippen molar-refractivity contribution in [3.63, 3.8) is 0 Å². The summed E-state index contributed by atoms with van der Waals surface area (Å²) in [7, 11) is -3.76. The molecule has 0 aliphatic carbocycles. The van der Waals surface area contributed by atoms with Crippen molar-refractivity contribution in [3.8, 4) is 5.75 Å². The number of halogens is 2. The summed E-state index contributed by atoms with van der Waals surface area (Å²) in [5.74, 6) is -0.462. The highest BCUT2D eigenvalue weighted by atomic mass is 79.9. The van der Waals surface area contributed by atoms with Crippen LogP contribution in [0.5, 0.6) is 5.75 Å². The van der Waals surface area contributed by atoms with E-state index in [1.807, 2.05) is 6.92 Å². The van der Waals surface area contributed by atoms with E-state index in [1.165, 1.54) is 22.5 Å². The van der Waals surface area contributed by atoms with Crippen molar-refractivity contribution in [3.05, 3.63) is 57.0 Å². The molecule has 6 nitrogen and oxygen atoms in total. The maximum Gasteiger partial charge on any atom is 0.343 e. The van der Waals surface area contributed by atoms with Crippen LogP contribution in [0, 0.1) is 6.92 Å². The predicted molar refractivity (Wildman–Crippen MR) is 105 cm³/mol. The summed E-state index contributed by atoms with van der Waals surface area (Å²) in [4.78, 5) is 12.5. The number of morpholine rings is 1. The van der Waals surface area contributed by atoms with Gasteiger partial charge in [-0.1, -0.05) is 17.7 Å². The SMILES string of the molecule is Cc1ccc(Cl)c(OC(=O)c2ccc(Br)c(S(=O)(=O)N3CCOCC3)c2)c1. The van der Waals surface area contributed by atoms with Gasteiger partial charge in [-0.2, -0.15) is 4.31 Å². The van der Waals surface area contributed by atoms with Crippen molar-refractivity contribution >= 4 is 43.5 Å². The number of carbonyl (C=O) groups excluding carboxylic acids is 1. The van der Waals surface area contributed by atoms with Gasteiger partial charge in [0.1, 0.15) is 5.75 Å². The van der Waals surface area contributed by atoms with E-state index < -0.39 is 16.0 Å². The van der Waals surface area contributed by atoms with Gasteiger partial charge in [0.2, 0.25) is 10.0 Å². The molecule has 0 N–H and O–H groups in total. The monoisotopic (exact) mass is 473 g/mol. The zero-order chi connectivity index (χ0) is 19.6. The first-order valence-electron chi connectivity index (χ1n) is 8.15. The van der Waals surface area contributed by atoms with Gasteiger partial charge in [0.25, 0.3) is 0 Å². The normalized spacial score (nSPS) is 15.5. The minimum absolute atomic E-state index is 0.00851. The van der Waals surface area contributed by atoms with Gasteiger partial charge in [0.05, 0.1) is 28.7 Å². The van der Waals surface area contributed by atoms with Gasteiger partial charge in [-0.05, 0) is 58.7 Å². The molecule has 0 amide bonds. The number of rotatable bonds is 4. The van der Waals surface area contributed by atoms with Gasteiger partial charge in [0, 0.05) is 17.6 Å². The second kappa shape index (κ2) is 8.28. The highest BCUT2D eigenvalue weighted by Gasteiger charge is 2.29. The van der Waals surface area contributed by atoms with E-state index in [9.17, 15) is 13.2 Å². The highest BCUT2D eigenvalue weighted by Crippen LogP contribution is 2.29. The molecule has 0 radical (unpaired) electrons. The largest absolute Gasteiger partial charge is 0.421 e. The molecule has 1 aliphatic rings. The van der Waals surface area contributed by atoms with Crippen LogP contribution < -0.4 is 4.74 Å². The molecule has 144 valence electrons. The summed E-state index contributed by atoms with van der Waals surface area (Å²) in [5.41, 5.74) is 0.996. The lowest BCUT2D eigenvalue weighted by molar-refractivity contribution is 0.0727. The quantitative estimate of drug-likeness (QED) is 0.500. The fourth-order valence-corrected chi connectivity index (χ4v) is 5.12. The van der Waals surface area contributed by atoms with Crippen LogP contribution in [-0.4, -0.2) is 45.0 Å². The van der Waals surface area contributed by atoms with Gasteiger partial charge < -0.3 is 9.47 Å². The first kappa shape index (κ1) is 20.3. The number of nitrogens with zero attached hydrogens (tertiary/aromatic N) is 1. The van der Waals surface area contributed by atoms with Gasteiger partial charge >= 0.3 is 5.97 Å². The highest BCUT2D eigenvalue weighted by molar-refractivity contribution is 9.10. The summed E-state index contributed by atoms with van der Waals surface area (Å²) >= 11 is 9.32. The Labute approximate surface area is 171 Å². The van der Waals surface area contributed by atoms with Crippen molar-refractivity contribution in [2.45, 2.75) is 11.8 Å². The average Bonchev–Trinajstić information content (AvgIpc) is 2.65. The summed E-state index contributed by atoms with van der Waals surface area (Å²) in [6.07, 6.45) is 0. The molecule has 0 atom stereocenters. The Balaban J connectivity index is 1.90. The van der Waals surface area contributed by atoms with Crippen LogP contribution in [0.2, 0.25) is 5.02 Å². The van der Waals surface area contributed by atoms with E-state index >= 15 is 0 Å². The molecular weight excluding hydrogens is 458 g/mol. The predicted octanol–water partition coefficient (Wildman–Crippen LogP) is 3.65. The second-order valence-electron chi connectivity index (χ2n) is 5.99. The number of esters is 1. The average molecular weight is 475 g/mol. The van der Waals surface area contributed by atoms with Gasteiger partial charge in [0.15, 0.2) is 0 Å². The lowest BCUT2D eigenvalue weighted by Crippen LogP contribution is -2.40. The Morgan fingerprint density at radius 3 is 2.59 bits per heavy atom. The molecule has 1 aliphatic heterocycles. The van der Waals surface area contributed by atoms with E-state index in [-0.39, 0.29) is 29.3 Å². The number of hydrogen-bond donors (Lipinski definition) is 0. The second-order valence-corrected chi connectivity index (χ2v) is 9.15. The van der Waals surface area contributed by atoms with E-state index in [2.05, 4.69) is 15.9 Å². The third-order valence-corrected chi connectivity index (χ3v) is 7.25. The number of ether oxygens (including phenoxy) is 2. The van der Waals surface area contributed by atoms with Crippen molar-refractivity contribution in [2.75, 3.05) is 26.3 Å². The van der Waals surface area contributed by atoms with Crippen molar-refractivity contribution in [1.82, 2.24) is 4.31 Å². The lowest BCUT2D eigenvalue weighted by Gasteiger charge is -2.26. The molecule has 0 unspecified atom stereocenters. The Morgan fingerprint density at radius 2 is 1.89 bits per heavy atom. The van der Waals surface area contributed by atoms with E-state index in [0.29, 0.717) is 22.7 Å². The molecule has 0 aromatic heterocycles. The third-order valence-electron chi connectivity index (χ3n) is 4.04. The van der Waals surface area contributed by atoms with E-state index in [0.717, 1.165) is 5.56 Å². The molecule has 27 heavy (non-hydrogen) atoms. The molecule has 1 fully saturated rings. The first-order chi connectivity index (χ1) is 12.8. The number of benzene rings is 2. The zero-order valence-corrected chi connectivity index (χ0v) is 17.6. The minimum Gasteiger partial charge on any atom is -0.421 e. The van der Waals surface area contributed by atoms with Crippen LogP contribution in [0.3, 0.4) is 0 Å². The zero-order valence-electron chi connectivity index (χ0n) is 14.4. The summed E-state index contributed by atoms with van der Waals surface area (Å²) in [5, 5.41) is 0.298.